The highest BCUT2D eigenvalue weighted by Crippen LogP contribution is 2.25. The molecule has 0 aromatic carbocycles. The van der Waals surface area contributed by atoms with Crippen LogP contribution < -0.4 is 0 Å². The van der Waals surface area contributed by atoms with E-state index < -0.39 is 0 Å². The van der Waals surface area contributed by atoms with Crippen LogP contribution in [0.4, 0.5) is 0 Å². The van der Waals surface area contributed by atoms with Crippen LogP contribution in [0.25, 0.3) is 59.0 Å². The Bertz CT molecular complexity index is 1700. The molecule has 2 N–H and O–H groups in total. The molecule has 2 aliphatic heterocycles. The van der Waals surface area contributed by atoms with E-state index in [0.29, 0.717) is 0 Å². The number of aromatic amines is 2. The van der Waals surface area contributed by atoms with Gasteiger partial charge in [-0.25, -0.2) is 0 Å². The number of imidazole rings is 2. The second-order valence-electron chi connectivity index (χ2n) is 7.85. The Morgan fingerprint density at radius 3 is 2.03 bits per heavy atom. The summed E-state index contributed by atoms with van der Waals surface area (Å²) in [4.78, 5) is 11.3. The molecule has 0 amide bonds. The Balaban J connectivity index is 1.34. The van der Waals surface area contributed by atoms with Crippen LogP contribution in [0, 0.1) is 0 Å². The molecule has 0 saturated heterocycles. The molecular weight excluding hydrogens is 422 g/mol. The largest absolute Gasteiger partial charge is 0.340 e. The van der Waals surface area contributed by atoms with Gasteiger partial charge in [0.25, 0.3) is 0 Å². The first-order valence-corrected chi connectivity index (χ1v) is 10.9. The topological polar surface area (TPSA) is 79.1 Å². The maximum absolute atomic E-state index is 4.60. The summed E-state index contributed by atoms with van der Waals surface area (Å²) < 4.78 is 4.17. The highest BCUT2D eigenvalue weighted by molar-refractivity contribution is 5.80. The van der Waals surface area contributed by atoms with Crippen LogP contribution >= 0.6 is 0 Å². The number of fused-ring (bicyclic) bond motifs is 3. The molecule has 0 bridgehead atoms. The molecule has 0 saturated carbocycles. The van der Waals surface area contributed by atoms with E-state index in [9.17, 15) is 0 Å². The normalized spacial score (nSPS) is 12.1. The minimum absolute atomic E-state index is 0.740. The zero-order valence-electron chi connectivity index (χ0n) is 18.3. The number of hydrogen-bond donors (Lipinski definition) is 2. The smallest absolute Gasteiger partial charge is 0.115 e. The lowest BCUT2D eigenvalue weighted by molar-refractivity contribution is 1.08. The molecule has 0 fully saturated rings. The molecule has 34 heavy (non-hydrogen) atoms. The van der Waals surface area contributed by atoms with Crippen molar-refractivity contribution in [3.05, 3.63) is 102 Å². The van der Waals surface area contributed by atoms with E-state index in [1.807, 2.05) is 85.2 Å². The number of hydrogen-bond acceptors (Lipinski definition) is 3. The van der Waals surface area contributed by atoms with E-state index in [4.69, 9.17) is 0 Å². The van der Waals surface area contributed by atoms with Crippen molar-refractivity contribution in [2.24, 2.45) is 0 Å². The van der Waals surface area contributed by atoms with E-state index in [2.05, 4.69) is 47.1 Å². The van der Waals surface area contributed by atoms with E-state index in [0.717, 1.165) is 56.7 Å². The first-order chi connectivity index (χ1) is 16.7. The second kappa shape index (κ2) is 7.90. The van der Waals surface area contributed by atoms with Crippen molar-refractivity contribution in [3.63, 3.8) is 0 Å². The molecule has 6 heterocycles. The molecular formula is C27H21N7. The third-order valence-electron chi connectivity index (χ3n) is 5.89. The number of aromatic nitrogens is 7. The molecule has 0 unspecified atom stereocenters. The molecule has 6 rings (SSSR count). The first-order valence-electron chi connectivity index (χ1n) is 10.9. The maximum Gasteiger partial charge on any atom is 0.115 e. The van der Waals surface area contributed by atoms with E-state index in [1.54, 1.807) is 6.20 Å². The zero-order valence-corrected chi connectivity index (χ0v) is 18.3. The van der Waals surface area contributed by atoms with Crippen molar-refractivity contribution >= 4 is 47.8 Å². The Labute approximate surface area is 195 Å². The maximum atomic E-state index is 4.60. The Hall–Kier alpha value is -4.91. The summed E-state index contributed by atoms with van der Waals surface area (Å²) in [6.07, 6.45) is 17.4. The summed E-state index contributed by atoms with van der Waals surface area (Å²) in [5.74, 6) is 0. The lowest BCUT2D eigenvalue weighted by Crippen LogP contribution is -1.83. The predicted octanol–water partition coefficient (Wildman–Crippen LogP) is 5.76. The van der Waals surface area contributed by atoms with E-state index >= 15 is 0 Å². The fourth-order valence-corrected chi connectivity index (χ4v) is 4.20. The van der Waals surface area contributed by atoms with Crippen molar-refractivity contribution in [3.8, 4) is 11.3 Å². The second-order valence-corrected chi connectivity index (χ2v) is 7.85. The average Bonchev–Trinajstić information content (AvgIpc) is 3.64. The monoisotopic (exact) mass is 443 g/mol. The standard InChI is InChI=1S/C27H21N7/c1-3-20-24(33-15-5-7-26(33)29-20)13-10-18-9-11-19-22(31-32-23(19)17-28-18)12-14-25-21(4-2)30-27-8-6-16-34(25)27/h3-17,29-30H,1-2H2/b13-10+,14-12+. The third-order valence-corrected chi connectivity index (χ3v) is 5.89. The van der Waals surface area contributed by atoms with Crippen molar-refractivity contribution in [2.45, 2.75) is 0 Å². The summed E-state index contributed by atoms with van der Waals surface area (Å²) in [6.45, 7) is 7.82. The summed E-state index contributed by atoms with van der Waals surface area (Å²) >= 11 is 0. The van der Waals surface area contributed by atoms with Crippen molar-refractivity contribution in [2.75, 3.05) is 0 Å². The molecule has 164 valence electrons. The predicted molar refractivity (Wildman–Crippen MR) is 138 cm³/mol. The van der Waals surface area contributed by atoms with Gasteiger partial charge in [0, 0.05) is 18.0 Å². The lowest BCUT2D eigenvalue weighted by atomic mass is 10.1. The van der Waals surface area contributed by atoms with Gasteiger partial charge in [-0.3, -0.25) is 4.98 Å². The van der Waals surface area contributed by atoms with Crippen LogP contribution in [0.15, 0.2) is 68.1 Å². The highest BCUT2D eigenvalue weighted by atomic mass is 15.1. The zero-order chi connectivity index (χ0) is 23.1. The fraction of sp³-hybridized carbons (Fsp3) is 0. The summed E-state index contributed by atoms with van der Waals surface area (Å²) in [7, 11) is 0. The number of nitrogens with one attached hydrogen (secondary N) is 2. The van der Waals surface area contributed by atoms with Gasteiger partial charge in [0.05, 0.1) is 40.4 Å². The molecule has 0 radical (unpaired) electrons. The summed E-state index contributed by atoms with van der Waals surface area (Å²) in [5.41, 5.74) is 9.26. The molecule has 2 aliphatic rings. The molecule has 0 atom stereocenters. The van der Waals surface area contributed by atoms with Crippen LogP contribution in [0.3, 0.4) is 0 Å². The van der Waals surface area contributed by atoms with Gasteiger partial charge in [-0.05, 0) is 72.9 Å². The molecule has 4 aromatic rings. The van der Waals surface area contributed by atoms with Gasteiger partial charge in [0.15, 0.2) is 0 Å². The van der Waals surface area contributed by atoms with Crippen LogP contribution in [-0.4, -0.2) is 34.0 Å². The van der Waals surface area contributed by atoms with Crippen LogP contribution in [-0.2, 0) is 0 Å². The Kier molecular flexibility index (Phi) is 4.59. The van der Waals surface area contributed by atoms with Gasteiger partial charge in [0.2, 0.25) is 0 Å². The van der Waals surface area contributed by atoms with Crippen molar-refractivity contribution in [1.82, 2.24) is 34.0 Å². The van der Waals surface area contributed by atoms with Gasteiger partial charge in [0.1, 0.15) is 17.0 Å². The quantitative estimate of drug-likeness (QED) is 0.343. The van der Waals surface area contributed by atoms with Gasteiger partial charge < -0.3 is 18.8 Å². The van der Waals surface area contributed by atoms with Crippen LogP contribution in [0.5, 0.6) is 0 Å². The van der Waals surface area contributed by atoms with Gasteiger partial charge in [-0.1, -0.05) is 13.2 Å². The summed E-state index contributed by atoms with van der Waals surface area (Å²) in [5, 5.41) is 8.68. The van der Waals surface area contributed by atoms with E-state index in [-0.39, 0.29) is 0 Å². The Morgan fingerprint density at radius 2 is 1.38 bits per heavy atom. The molecule has 7 heteroatoms. The van der Waals surface area contributed by atoms with Gasteiger partial charge in [-0.2, -0.15) is 0 Å². The molecule has 7 nitrogen and oxygen atoms in total. The molecule has 4 aromatic heterocycles. The lowest BCUT2D eigenvalue weighted by Gasteiger charge is -1.95. The van der Waals surface area contributed by atoms with Crippen LogP contribution in [0.1, 0.15) is 34.2 Å². The van der Waals surface area contributed by atoms with Crippen LogP contribution in [0.2, 0.25) is 0 Å². The molecule has 0 aliphatic carbocycles. The highest BCUT2D eigenvalue weighted by Gasteiger charge is 2.12. The van der Waals surface area contributed by atoms with E-state index in [1.165, 1.54) is 0 Å². The SMILES string of the molecule is C=Cc1[nH]c2cccn2c1/C=C/c1ccc2c(/C=C/c3c(C=C)[nH]c4cccn34)nnc-2cn1. The minimum atomic E-state index is 0.740. The first kappa shape index (κ1) is 19.8. The van der Waals surface area contributed by atoms with Crippen molar-refractivity contribution < 1.29 is 0 Å². The van der Waals surface area contributed by atoms with Crippen molar-refractivity contribution in [1.29, 1.82) is 0 Å². The Morgan fingerprint density at radius 1 is 0.735 bits per heavy atom. The fourth-order valence-electron chi connectivity index (χ4n) is 4.20. The number of rotatable bonds is 6. The van der Waals surface area contributed by atoms with Gasteiger partial charge >= 0.3 is 0 Å². The molecule has 0 spiro atoms. The minimum Gasteiger partial charge on any atom is -0.340 e. The summed E-state index contributed by atoms with van der Waals surface area (Å²) in [6, 6.07) is 12.0. The number of nitrogens with zero attached hydrogens (tertiary/aromatic N) is 5. The van der Waals surface area contributed by atoms with Gasteiger partial charge in [-0.15, -0.1) is 10.2 Å². The number of H-pyrrole nitrogens is 2. The third kappa shape index (κ3) is 3.18. The average molecular weight is 444 g/mol.